The van der Waals surface area contributed by atoms with Gasteiger partial charge in [-0.3, -0.25) is 4.79 Å². The van der Waals surface area contributed by atoms with E-state index in [1.54, 1.807) is 11.9 Å². The van der Waals surface area contributed by atoms with Crippen molar-refractivity contribution in [2.45, 2.75) is 18.9 Å². The number of halogens is 1. The molecule has 0 saturated heterocycles. The molecule has 1 aliphatic rings. The van der Waals surface area contributed by atoms with Crippen molar-refractivity contribution in [2.75, 3.05) is 13.7 Å². The van der Waals surface area contributed by atoms with Gasteiger partial charge in [0.05, 0.1) is 0 Å². The summed E-state index contributed by atoms with van der Waals surface area (Å²) in [5.41, 5.74) is 0.277. The molecule has 6 heteroatoms. The van der Waals surface area contributed by atoms with Crippen molar-refractivity contribution in [3.63, 3.8) is 0 Å². The Morgan fingerprint density at radius 2 is 2.19 bits per heavy atom. The average molecular weight is 293 g/mol. The van der Waals surface area contributed by atoms with E-state index >= 15 is 0 Å². The molecule has 0 aromatic heterocycles. The average Bonchev–Trinajstić information content (AvgIpc) is 3.27. The summed E-state index contributed by atoms with van der Waals surface area (Å²) in [5.74, 6) is -1.54. The van der Waals surface area contributed by atoms with Crippen LogP contribution < -0.4 is 4.74 Å². The first-order chi connectivity index (χ1) is 9.97. The van der Waals surface area contributed by atoms with Crippen LogP contribution in [0.1, 0.15) is 18.4 Å². The monoisotopic (exact) mass is 293 g/mol. The number of hydrogen-bond acceptors (Lipinski definition) is 3. The van der Waals surface area contributed by atoms with Crippen LogP contribution in [0.2, 0.25) is 0 Å². The second kappa shape index (κ2) is 6.39. The predicted octanol–water partition coefficient (Wildman–Crippen LogP) is 1.92. The van der Waals surface area contributed by atoms with Crippen LogP contribution in [-0.2, 0) is 9.59 Å². The van der Waals surface area contributed by atoms with Gasteiger partial charge < -0.3 is 14.7 Å². The van der Waals surface area contributed by atoms with Crippen molar-refractivity contribution in [3.05, 3.63) is 35.7 Å². The molecule has 1 amide bonds. The number of ether oxygens (including phenoxy) is 1. The predicted molar refractivity (Wildman–Crippen MR) is 74.4 cm³/mol. The molecule has 1 saturated carbocycles. The van der Waals surface area contributed by atoms with Gasteiger partial charge in [0, 0.05) is 24.7 Å². The number of nitrogens with zero attached hydrogens (tertiary/aromatic N) is 1. The molecule has 0 bridgehead atoms. The molecule has 1 aromatic rings. The Kier molecular flexibility index (Phi) is 4.57. The van der Waals surface area contributed by atoms with E-state index in [1.807, 2.05) is 0 Å². The fourth-order valence-corrected chi connectivity index (χ4v) is 1.85. The van der Waals surface area contributed by atoms with Gasteiger partial charge in [0.2, 0.25) is 0 Å². The number of likely N-dealkylation sites (N-methyl/N-ethyl adjacent to an activating group) is 1. The Morgan fingerprint density at radius 3 is 2.81 bits per heavy atom. The number of rotatable bonds is 6. The molecular weight excluding hydrogens is 277 g/mol. The summed E-state index contributed by atoms with van der Waals surface area (Å²) < 4.78 is 18.6. The quantitative estimate of drug-likeness (QED) is 0.814. The number of carboxylic acid groups (broad SMARTS) is 1. The molecule has 5 nitrogen and oxygen atoms in total. The maximum Gasteiger partial charge on any atom is 0.328 e. The second-order valence-corrected chi connectivity index (χ2v) is 4.88. The van der Waals surface area contributed by atoms with E-state index in [1.165, 1.54) is 18.2 Å². The molecule has 0 heterocycles. The SMILES string of the molecule is CN(C(=O)COc1ccc(F)cc1/C=C/C(=O)O)C1CC1. The molecule has 2 rings (SSSR count). The minimum atomic E-state index is -1.14. The second-order valence-electron chi connectivity index (χ2n) is 4.88. The number of benzene rings is 1. The molecule has 1 N–H and O–H groups in total. The van der Waals surface area contributed by atoms with E-state index < -0.39 is 11.8 Å². The van der Waals surface area contributed by atoms with Crippen LogP contribution in [0.3, 0.4) is 0 Å². The van der Waals surface area contributed by atoms with Gasteiger partial charge in [-0.1, -0.05) is 0 Å². The largest absolute Gasteiger partial charge is 0.483 e. The van der Waals surface area contributed by atoms with Gasteiger partial charge in [-0.2, -0.15) is 0 Å². The van der Waals surface area contributed by atoms with Crippen LogP contribution >= 0.6 is 0 Å². The van der Waals surface area contributed by atoms with Gasteiger partial charge in [-0.05, 0) is 37.1 Å². The summed E-state index contributed by atoms with van der Waals surface area (Å²) in [6, 6.07) is 4.02. The van der Waals surface area contributed by atoms with E-state index in [0.717, 1.165) is 25.0 Å². The van der Waals surface area contributed by atoms with Gasteiger partial charge >= 0.3 is 5.97 Å². The van der Waals surface area contributed by atoms with E-state index in [4.69, 9.17) is 9.84 Å². The highest BCUT2D eigenvalue weighted by Gasteiger charge is 2.29. The molecule has 112 valence electrons. The number of carbonyl (C=O) groups is 2. The number of amides is 1. The molecule has 1 aromatic carbocycles. The van der Waals surface area contributed by atoms with E-state index in [9.17, 15) is 14.0 Å². The van der Waals surface area contributed by atoms with Crippen LogP contribution in [0.5, 0.6) is 5.75 Å². The summed E-state index contributed by atoms with van der Waals surface area (Å²) in [6.45, 7) is -0.160. The number of carboxylic acids is 1. The van der Waals surface area contributed by atoms with Crippen LogP contribution in [0.4, 0.5) is 4.39 Å². The fraction of sp³-hybridized carbons (Fsp3) is 0.333. The normalized spacial score (nSPS) is 14.2. The lowest BCUT2D eigenvalue weighted by atomic mass is 10.2. The Labute approximate surface area is 121 Å². The smallest absolute Gasteiger partial charge is 0.328 e. The highest BCUT2D eigenvalue weighted by molar-refractivity contribution is 5.86. The van der Waals surface area contributed by atoms with Crippen molar-refractivity contribution in [1.82, 2.24) is 4.90 Å². The Morgan fingerprint density at radius 1 is 1.48 bits per heavy atom. The molecule has 21 heavy (non-hydrogen) atoms. The van der Waals surface area contributed by atoms with Crippen molar-refractivity contribution in [1.29, 1.82) is 0 Å². The van der Waals surface area contributed by atoms with Crippen LogP contribution in [-0.4, -0.2) is 41.6 Å². The number of aliphatic carboxylic acids is 1. The number of carbonyl (C=O) groups excluding carboxylic acids is 1. The standard InChI is InChI=1S/C15H16FNO4/c1-17(12-4-5-12)14(18)9-21-13-6-3-11(16)8-10(13)2-7-15(19)20/h2-3,6-8,12H,4-5,9H2,1H3,(H,19,20)/b7-2+. The topological polar surface area (TPSA) is 66.8 Å². The minimum absolute atomic E-state index is 0.157. The zero-order chi connectivity index (χ0) is 15.4. The molecule has 0 spiro atoms. The number of hydrogen-bond donors (Lipinski definition) is 1. The van der Waals surface area contributed by atoms with Crippen LogP contribution in [0.15, 0.2) is 24.3 Å². The zero-order valence-electron chi connectivity index (χ0n) is 11.6. The first kappa shape index (κ1) is 15.0. The zero-order valence-corrected chi connectivity index (χ0v) is 11.6. The highest BCUT2D eigenvalue weighted by atomic mass is 19.1. The van der Waals surface area contributed by atoms with Crippen molar-refractivity contribution in [3.8, 4) is 5.75 Å². The lowest BCUT2D eigenvalue weighted by Gasteiger charge is -2.17. The Bertz CT molecular complexity index is 581. The fourth-order valence-electron chi connectivity index (χ4n) is 1.85. The molecule has 0 unspecified atom stereocenters. The molecule has 0 radical (unpaired) electrons. The minimum Gasteiger partial charge on any atom is -0.483 e. The van der Waals surface area contributed by atoms with Gasteiger partial charge in [0.25, 0.3) is 5.91 Å². The van der Waals surface area contributed by atoms with Crippen LogP contribution in [0.25, 0.3) is 6.08 Å². The summed E-state index contributed by atoms with van der Waals surface area (Å²) in [7, 11) is 1.72. The Hall–Kier alpha value is -2.37. The van der Waals surface area contributed by atoms with E-state index in [0.29, 0.717) is 6.04 Å². The Balaban J connectivity index is 2.04. The van der Waals surface area contributed by atoms with Crippen molar-refractivity contribution < 1.29 is 23.8 Å². The van der Waals surface area contributed by atoms with Crippen LogP contribution in [0, 0.1) is 5.82 Å². The van der Waals surface area contributed by atoms with Gasteiger partial charge in [0.15, 0.2) is 6.61 Å². The summed E-state index contributed by atoms with van der Waals surface area (Å²) in [5, 5.41) is 8.61. The first-order valence-corrected chi connectivity index (χ1v) is 6.56. The first-order valence-electron chi connectivity index (χ1n) is 6.56. The molecule has 1 aliphatic carbocycles. The molecule has 0 atom stereocenters. The van der Waals surface area contributed by atoms with E-state index in [2.05, 4.69) is 0 Å². The van der Waals surface area contributed by atoms with Crippen molar-refractivity contribution in [2.24, 2.45) is 0 Å². The molecular formula is C15H16FNO4. The molecule has 0 aliphatic heterocycles. The van der Waals surface area contributed by atoms with Gasteiger partial charge in [0.1, 0.15) is 11.6 Å². The summed E-state index contributed by atoms with van der Waals surface area (Å²) in [6.07, 6.45) is 4.13. The highest BCUT2D eigenvalue weighted by Crippen LogP contribution is 2.26. The van der Waals surface area contributed by atoms with E-state index in [-0.39, 0.29) is 23.8 Å². The maximum atomic E-state index is 13.2. The lowest BCUT2D eigenvalue weighted by molar-refractivity contribution is -0.133. The summed E-state index contributed by atoms with van der Waals surface area (Å²) in [4.78, 5) is 24.0. The van der Waals surface area contributed by atoms with Gasteiger partial charge in [-0.15, -0.1) is 0 Å². The van der Waals surface area contributed by atoms with Crippen molar-refractivity contribution >= 4 is 18.0 Å². The van der Waals surface area contributed by atoms with Gasteiger partial charge in [-0.25, -0.2) is 9.18 Å². The third-order valence-corrected chi connectivity index (χ3v) is 3.22. The lowest BCUT2D eigenvalue weighted by Crippen LogP contribution is -2.33. The third kappa shape index (κ3) is 4.30. The molecule has 1 fully saturated rings. The maximum absolute atomic E-state index is 13.2. The summed E-state index contributed by atoms with van der Waals surface area (Å²) >= 11 is 0. The third-order valence-electron chi connectivity index (χ3n) is 3.22.